The average molecular weight is 318 g/mol. The standard InChI is InChI=1S/C10H8FIN2O/c11-8-1-7(6-15)2-10(3-8)14-5-9(12)4-13-14/h1-5,15H,6H2. The van der Waals surface area contributed by atoms with Gasteiger partial charge in [-0.1, -0.05) is 0 Å². The zero-order valence-electron chi connectivity index (χ0n) is 7.69. The van der Waals surface area contributed by atoms with Gasteiger partial charge in [-0.3, -0.25) is 0 Å². The lowest BCUT2D eigenvalue weighted by molar-refractivity contribution is 0.281. The van der Waals surface area contributed by atoms with Gasteiger partial charge in [0.25, 0.3) is 0 Å². The Bertz CT molecular complexity index is 484. The molecule has 0 fully saturated rings. The van der Waals surface area contributed by atoms with Crippen LogP contribution in [0.1, 0.15) is 5.56 Å². The van der Waals surface area contributed by atoms with Gasteiger partial charge in [0.2, 0.25) is 0 Å². The molecule has 0 aliphatic heterocycles. The number of aliphatic hydroxyl groups excluding tert-OH is 1. The van der Waals surface area contributed by atoms with Crippen molar-refractivity contribution in [2.45, 2.75) is 6.61 Å². The van der Waals surface area contributed by atoms with E-state index in [4.69, 9.17) is 5.11 Å². The summed E-state index contributed by atoms with van der Waals surface area (Å²) in [5, 5.41) is 13.0. The Hall–Kier alpha value is -0.950. The molecule has 0 atom stereocenters. The first kappa shape index (κ1) is 10.6. The second-order valence-corrected chi connectivity index (χ2v) is 4.32. The summed E-state index contributed by atoms with van der Waals surface area (Å²) >= 11 is 2.13. The molecule has 0 amide bonds. The summed E-state index contributed by atoms with van der Waals surface area (Å²) in [5.74, 6) is -0.373. The number of halogens is 2. The fourth-order valence-electron chi connectivity index (χ4n) is 1.30. The predicted molar refractivity (Wildman–Crippen MR) is 62.2 cm³/mol. The molecule has 5 heteroatoms. The maximum Gasteiger partial charge on any atom is 0.125 e. The number of hydrogen-bond donors (Lipinski definition) is 1. The van der Waals surface area contributed by atoms with Crippen molar-refractivity contribution in [2.75, 3.05) is 0 Å². The molecule has 2 aromatic rings. The number of benzene rings is 1. The highest BCUT2D eigenvalue weighted by Gasteiger charge is 2.03. The second kappa shape index (κ2) is 4.28. The van der Waals surface area contributed by atoms with Crippen LogP contribution in [0.4, 0.5) is 4.39 Å². The molecule has 2 rings (SSSR count). The summed E-state index contributed by atoms with van der Waals surface area (Å²) in [6, 6.07) is 4.38. The lowest BCUT2D eigenvalue weighted by Crippen LogP contribution is -1.97. The summed E-state index contributed by atoms with van der Waals surface area (Å²) < 4.78 is 15.7. The Labute approximate surface area is 99.7 Å². The van der Waals surface area contributed by atoms with E-state index in [1.165, 1.54) is 12.1 Å². The Kier molecular flexibility index (Phi) is 3.01. The monoisotopic (exact) mass is 318 g/mol. The Morgan fingerprint density at radius 1 is 1.40 bits per heavy atom. The van der Waals surface area contributed by atoms with E-state index in [1.807, 2.05) is 0 Å². The molecule has 0 spiro atoms. The van der Waals surface area contributed by atoms with E-state index in [0.29, 0.717) is 11.3 Å². The lowest BCUT2D eigenvalue weighted by atomic mass is 10.2. The molecular formula is C10H8FIN2O. The van der Waals surface area contributed by atoms with Crippen molar-refractivity contribution < 1.29 is 9.50 Å². The molecule has 1 aromatic heterocycles. The van der Waals surface area contributed by atoms with Crippen LogP contribution in [0.15, 0.2) is 30.6 Å². The topological polar surface area (TPSA) is 38.0 Å². The third-order valence-electron chi connectivity index (χ3n) is 1.94. The van der Waals surface area contributed by atoms with Crippen LogP contribution >= 0.6 is 22.6 Å². The molecule has 1 aromatic carbocycles. The van der Waals surface area contributed by atoms with Gasteiger partial charge in [0.1, 0.15) is 5.82 Å². The highest BCUT2D eigenvalue weighted by molar-refractivity contribution is 14.1. The quantitative estimate of drug-likeness (QED) is 0.861. The lowest BCUT2D eigenvalue weighted by Gasteiger charge is -2.03. The van der Waals surface area contributed by atoms with E-state index in [2.05, 4.69) is 27.7 Å². The largest absolute Gasteiger partial charge is 0.392 e. The normalized spacial score (nSPS) is 10.6. The van der Waals surface area contributed by atoms with E-state index in [0.717, 1.165) is 3.57 Å². The van der Waals surface area contributed by atoms with Gasteiger partial charge in [0.15, 0.2) is 0 Å². The third-order valence-corrected chi connectivity index (χ3v) is 2.50. The highest BCUT2D eigenvalue weighted by atomic mass is 127. The van der Waals surface area contributed by atoms with Crippen LogP contribution in [0.5, 0.6) is 0 Å². The zero-order valence-corrected chi connectivity index (χ0v) is 9.85. The molecule has 0 unspecified atom stereocenters. The molecule has 1 heterocycles. The molecule has 0 saturated carbocycles. The summed E-state index contributed by atoms with van der Waals surface area (Å²) in [4.78, 5) is 0. The van der Waals surface area contributed by atoms with Gasteiger partial charge in [0.05, 0.1) is 22.1 Å². The molecule has 3 nitrogen and oxygen atoms in total. The van der Waals surface area contributed by atoms with Crippen LogP contribution in [0.25, 0.3) is 5.69 Å². The molecule has 0 aliphatic rings. The van der Waals surface area contributed by atoms with E-state index < -0.39 is 0 Å². The summed E-state index contributed by atoms with van der Waals surface area (Å²) in [5.41, 5.74) is 1.15. The van der Waals surface area contributed by atoms with E-state index in [1.54, 1.807) is 23.1 Å². The number of rotatable bonds is 2. The molecule has 0 bridgehead atoms. The first-order valence-corrected chi connectivity index (χ1v) is 5.38. The van der Waals surface area contributed by atoms with Gasteiger partial charge < -0.3 is 5.11 Å². The van der Waals surface area contributed by atoms with E-state index in [9.17, 15) is 4.39 Å². The van der Waals surface area contributed by atoms with Crippen LogP contribution < -0.4 is 0 Å². The highest BCUT2D eigenvalue weighted by Crippen LogP contribution is 2.14. The maximum atomic E-state index is 13.2. The van der Waals surface area contributed by atoms with Crippen LogP contribution in [-0.2, 0) is 6.61 Å². The predicted octanol–water partition coefficient (Wildman–Crippen LogP) is 2.11. The van der Waals surface area contributed by atoms with Gasteiger partial charge in [-0.05, 0) is 46.4 Å². The van der Waals surface area contributed by atoms with Crippen LogP contribution in [0.3, 0.4) is 0 Å². The van der Waals surface area contributed by atoms with Crippen molar-refractivity contribution >= 4 is 22.6 Å². The van der Waals surface area contributed by atoms with E-state index in [-0.39, 0.29) is 12.4 Å². The smallest absolute Gasteiger partial charge is 0.125 e. The fraction of sp³-hybridized carbons (Fsp3) is 0.100. The van der Waals surface area contributed by atoms with Crippen LogP contribution in [-0.4, -0.2) is 14.9 Å². The Balaban J connectivity index is 2.48. The van der Waals surface area contributed by atoms with Gasteiger partial charge in [-0.2, -0.15) is 5.10 Å². The molecule has 0 radical (unpaired) electrons. The van der Waals surface area contributed by atoms with Crippen molar-refractivity contribution in [1.82, 2.24) is 9.78 Å². The minimum Gasteiger partial charge on any atom is -0.392 e. The summed E-state index contributed by atoms with van der Waals surface area (Å²) in [6.07, 6.45) is 3.47. The third kappa shape index (κ3) is 2.35. The van der Waals surface area contributed by atoms with Crippen molar-refractivity contribution in [3.05, 3.63) is 45.5 Å². The first-order chi connectivity index (χ1) is 7.19. The van der Waals surface area contributed by atoms with Crippen molar-refractivity contribution in [2.24, 2.45) is 0 Å². The molecule has 78 valence electrons. The molecule has 1 N–H and O–H groups in total. The Morgan fingerprint density at radius 3 is 2.80 bits per heavy atom. The van der Waals surface area contributed by atoms with Crippen LogP contribution in [0.2, 0.25) is 0 Å². The minimum atomic E-state index is -0.373. The number of aliphatic hydroxyl groups is 1. The SMILES string of the molecule is OCc1cc(F)cc(-n2cc(I)cn2)c1. The van der Waals surface area contributed by atoms with E-state index >= 15 is 0 Å². The second-order valence-electron chi connectivity index (χ2n) is 3.08. The molecule has 0 aliphatic carbocycles. The maximum absolute atomic E-state index is 13.2. The van der Waals surface area contributed by atoms with Crippen molar-refractivity contribution in [1.29, 1.82) is 0 Å². The van der Waals surface area contributed by atoms with Crippen molar-refractivity contribution in [3.63, 3.8) is 0 Å². The molecular weight excluding hydrogens is 310 g/mol. The molecule has 15 heavy (non-hydrogen) atoms. The Morgan fingerprint density at radius 2 is 2.20 bits per heavy atom. The number of nitrogens with zero attached hydrogens (tertiary/aromatic N) is 2. The van der Waals surface area contributed by atoms with Crippen molar-refractivity contribution in [3.8, 4) is 5.69 Å². The van der Waals surface area contributed by atoms with Gasteiger partial charge in [-0.25, -0.2) is 9.07 Å². The summed E-state index contributed by atoms with van der Waals surface area (Å²) in [6.45, 7) is -0.177. The minimum absolute atomic E-state index is 0.177. The molecule has 0 saturated heterocycles. The van der Waals surface area contributed by atoms with Gasteiger partial charge in [-0.15, -0.1) is 0 Å². The summed E-state index contributed by atoms with van der Waals surface area (Å²) in [7, 11) is 0. The zero-order chi connectivity index (χ0) is 10.8. The van der Waals surface area contributed by atoms with Gasteiger partial charge in [0, 0.05) is 6.20 Å². The number of aromatic nitrogens is 2. The van der Waals surface area contributed by atoms with Gasteiger partial charge >= 0.3 is 0 Å². The van der Waals surface area contributed by atoms with Crippen LogP contribution in [0, 0.1) is 9.39 Å². The average Bonchev–Trinajstić information content (AvgIpc) is 2.64. The fourth-order valence-corrected chi connectivity index (χ4v) is 1.69. The number of hydrogen-bond acceptors (Lipinski definition) is 2. The first-order valence-electron chi connectivity index (χ1n) is 4.30.